The highest BCUT2D eigenvalue weighted by Gasteiger charge is 2.32. The molecule has 0 aliphatic rings. The van der Waals surface area contributed by atoms with E-state index in [1.807, 2.05) is 0 Å². The molecular weight excluding hydrogens is 295 g/mol. The Bertz CT molecular complexity index is 709. The van der Waals surface area contributed by atoms with E-state index in [1.54, 1.807) is 0 Å². The molecule has 0 radical (unpaired) electrons. The van der Waals surface area contributed by atoms with Gasteiger partial charge in [-0.1, -0.05) is 6.07 Å². The maximum absolute atomic E-state index is 12.7. The number of H-pyrrole nitrogens is 1. The van der Waals surface area contributed by atoms with Gasteiger partial charge in [0.2, 0.25) is 0 Å². The summed E-state index contributed by atoms with van der Waals surface area (Å²) >= 11 is 0. The van der Waals surface area contributed by atoms with Gasteiger partial charge in [0.05, 0.1) is 11.8 Å². The number of rotatable bonds is 3. The van der Waals surface area contributed by atoms with Gasteiger partial charge in [0.1, 0.15) is 0 Å². The number of aryl methyl sites for hydroxylation is 1. The van der Waals surface area contributed by atoms with E-state index in [4.69, 9.17) is 0 Å². The van der Waals surface area contributed by atoms with Gasteiger partial charge in [0.15, 0.2) is 5.03 Å². The van der Waals surface area contributed by atoms with Crippen LogP contribution in [0.2, 0.25) is 0 Å². The number of benzene rings is 1. The normalized spacial score (nSPS) is 12.4. The number of nitrogens with zero attached hydrogens (tertiary/aromatic N) is 1. The first-order chi connectivity index (χ1) is 9.20. The van der Waals surface area contributed by atoms with Crippen molar-refractivity contribution in [3.63, 3.8) is 0 Å². The molecule has 0 bridgehead atoms. The topological polar surface area (TPSA) is 74.8 Å². The second kappa shape index (κ2) is 4.82. The number of aromatic nitrogens is 2. The lowest BCUT2D eigenvalue weighted by Gasteiger charge is -2.13. The molecule has 1 aromatic carbocycles. The van der Waals surface area contributed by atoms with Crippen LogP contribution >= 0.6 is 0 Å². The second-order valence-electron chi connectivity index (χ2n) is 4.05. The Hall–Kier alpha value is -2.03. The predicted octanol–water partition coefficient (Wildman–Crippen LogP) is 2.54. The van der Waals surface area contributed by atoms with E-state index in [0.717, 1.165) is 6.07 Å². The fraction of sp³-hybridized carbons (Fsp3) is 0.182. The summed E-state index contributed by atoms with van der Waals surface area (Å²) in [5.41, 5.74) is -1.04. The van der Waals surface area contributed by atoms with Crippen molar-refractivity contribution in [2.45, 2.75) is 18.1 Å². The van der Waals surface area contributed by atoms with Gasteiger partial charge in [0.25, 0.3) is 10.0 Å². The van der Waals surface area contributed by atoms with Crippen molar-refractivity contribution in [1.29, 1.82) is 0 Å². The van der Waals surface area contributed by atoms with Gasteiger partial charge < -0.3 is 0 Å². The molecule has 9 heteroatoms. The lowest BCUT2D eigenvalue weighted by Crippen LogP contribution is -2.15. The smallest absolute Gasteiger partial charge is 0.278 e. The van der Waals surface area contributed by atoms with Crippen LogP contribution in [-0.2, 0) is 16.2 Å². The molecule has 2 aromatic rings. The van der Waals surface area contributed by atoms with E-state index in [2.05, 4.69) is 14.9 Å². The molecule has 2 rings (SSSR count). The third-order valence-corrected chi connectivity index (χ3v) is 3.87. The fourth-order valence-corrected chi connectivity index (χ4v) is 2.55. The lowest BCUT2D eigenvalue weighted by molar-refractivity contribution is -0.138. The average molecular weight is 305 g/mol. The number of aromatic amines is 1. The largest absolute Gasteiger partial charge is 0.416 e. The Kier molecular flexibility index (Phi) is 3.46. The second-order valence-corrected chi connectivity index (χ2v) is 5.70. The van der Waals surface area contributed by atoms with Gasteiger partial charge in [0, 0.05) is 5.69 Å². The maximum atomic E-state index is 12.7. The van der Waals surface area contributed by atoms with E-state index in [0.29, 0.717) is 0 Å². The third-order valence-electron chi connectivity index (χ3n) is 2.56. The standard InChI is InChI=1S/C11H10F3N3O2S/c1-7-2-3-8(6-9(7)11(12,13)14)17-20(18,19)10-4-5-15-16-10/h2-6,17H,1H3,(H,15,16). The summed E-state index contributed by atoms with van der Waals surface area (Å²) in [6, 6.07) is 4.41. The van der Waals surface area contributed by atoms with Gasteiger partial charge in [-0.15, -0.1) is 0 Å². The molecule has 0 saturated carbocycles. The lowest BCUT2D eigenvalue weighted by atomic mass is 10.1. The molecule has 0 unspecified atom stereocenters. The predicted molar refractivity (Wildman–Crippen MR) is 65.6 cm³/mol. The van der Waals surface area contributed by atoms with Crippen LogP contribution in [0, 0.1) is 6.92 Å². The number of hydrogen-bond acceptors (Lipinski definition) is 3. The fourth-order valence-electron chi connectivity index (χ4n) is 1.59. The maximum Gasteiger partial charge on any atom is 0.416 e. The van der Waals surface area contributed by atoms with Gasteiger partial charge in [-0.3, -0.25) is 9.82 Å². The molecule has 0 amide bonds. The van der Waals surface area contributed by atoms with Crippen LogP contribution in [0.1, 0.15) is 11.1 Å². The molecule has 0 spiro atoms. The van der Waals surface area contributed by atoms with Gasteiger partial charge >= 0.3 is 6.18 Å². The van der Waals surface area contributed by atoms with Crippen LogP contribution in [-0.4, -0.2) is 18.6 Å². The van der Waals surface area contributed by atoms with Gasteiger partial charge in [-0.2, -0.15) is 26.7 Å². The summed E-state index contributed by atoms with van der Waals surface area (Å²) in [5.74, 6) is 0. The zero-order chi connectivity index (χ0) is 15.0. The molecule has 1 heterocycles. The van der Waals surface area contributed by atoms with Crippen LogP contribution in [0.3, 0.4) is 0 Å². The molecule has 0 atom stereocenters. The summed E-state index contributed by atoms with van der Waals surface area (Å²) in [5, 5.41) is 5.48. The molecule has 1 aromatic heterocycles. The number of sulfonamides is 1. The van der Waals surface area contributed by atoms with E-state index in [1.165, 1.54) is 31.3 Å². The van der Waals surface area contributed by atoms with Crippen molar-refractivity contribution in [2.75, 3.05) is 4.72 Å². The van der Waals surface area contributed by atoms with Crippen molar-refractivity contribution < 1.29 is 21.6 Å². The Labute approximate surface area is 112 Å². The van der Waals surface area contributed by atoms with E-state index in [9.17, 15) is 21.6 Å². The molecule has 0 aliphatic heterocycles. The molecule has 20 heavy (non-hydrogen) atoms. The van der Waals surface area contributed by atoms with Gasteiger partial charge in [-0.05, 0) is 30.7 Å². The first-order valence-electron chi connectivity index (χ1n) is 5.40. The number of hydrogen-bond donors (Lipinski definition) is 2. The zero-order valence-corrected chi connectivity index (χ0v) is 11.0. The molecule has 0 saturated heterocycles. The molecule has 0 aliphatic carbocycles. The Morgan fingerprint density at radius 1 is 1.25 bits per heavy atom. The highest BCUT2D eigenvalue weighted by molar-refractivity contribution is 7.92. The van der Waals surface area contributed by atoms with Crippen LogP contribution in [0.15, 0.2) is 35.5 Å². The summed E-state index contributed by atoms with van der Waals surface area (Å²) in [4.78, 5) is 0. The molecule has 2 N–H and O–H groups in total. The van der Waals surface area contributed by atoms with Crippen molar-refractivity contribution in [3.8, 4) is 0 Å². The van der Waals surface area contributed by atoms with E-state index < -0.39 is 21.8 Å². The SMILES string of the molecule is Cc1ccc(NS(=O)(=O)c2ccn[nH]2)cc1C(F)(F)F. The summed E-state index contributed by atoms with van der Waals surface area (Å²) in [7, 11) is -3.98. The third kappa shape index (κ3) is 2.93. The quantitative estimate of drug-likeness (QED) is 0.915. The summed E-state index contributed by atoms with van der Waals surface area (Å²) < 4.78 is 64.0. The van der Waals surface area contributed by atoms with Crippen LogP contribution < -0.4 is 4.72 Å². The van der Waals surface area contributed by atoms with E-state index >= 15 is 0 Å². The Balaban J connectivity index is 2.36. The van der Waals surface area contributed by atoms with Crippen LogP contribution in [0.4, 0.5) is 18.9 Å². The number of halogens is 3. The minimum atomic E-state index is -4.54. The van der Waals surface area contributed by atoms with Crippen molar-refractivity contribution in [1.82, 2.24) is 10.2 Å². The highest BCUT2D eigenvalue weighted by atomic mass is 32.2. The Morgan fingerprint density at radius 2 is 1.95 bits per heavy atom. The molecule has 108 valence electrons. The van der Waals surface area contributed by atoms with Crippen molar-refractivity contribution in [2.24, 2.45) is 0 Å². The highest BCUT2D eigenvalue weighted by Crippen LogP contribution is 2.33. The molecule has 0 fully saturated rings. The van der Waals surface area contributed by atoms with Crippen molar-refractivity contribution >= 4 is 15.7 Å². The molecule has 5 nitrogen and oxygen atoms in total. The minimum Gasteiger partial charge on any atom is -0.278 e. The van der Waals surface area contributed by atoms with Crippen LogP contribution in [0.25, 0.3) is 0 Å². The Morgan fingerprint density at radius 3 is 2.50 bits per heavy atom. The number of anilines is 1. The van der Waals surface area contributed by atoms with Crippen LogP contribution in [0.5, 0.6) is 0 Å². The average Bonchev–Trinajstić information content (AvgIpc) is 2.84. The first kappa shape index (κ1) is 14.4. The summed E-state index contributed by atoms with van der Waals surface area (Å²) in [6.45, 7) is 1.30. The first-order valence-corrected chi connectivity index (χ1v) is 6.88. The van der Waals surface area contributed by atoms with Crippen molar-refractivity contribution in [3.05, 3.63) is 41.6 Å². The summed E-state index contributed by atoms with van der Waals surface area (Å²) in [6.07, 6.45) is -3.32. The molecular formula is C11H10F3N3O2S. The minimum absolute atomic E-state index is 0.0157. The zero-order valence-electron chi connectivity index (χ0n) is 10.2. The number of nitrogens with one attached hydrogen (secondary N) is 2. The number of alkyl halides is 3. The van der Waals surface area contributed by atoms with Gasteiger partial charge in [-0.25, -0.2) is 0 Å². The monoisotopic (exact) mass is 305 g/mol. The van der Waals surface area contributed by atoms with E-state index in [-0.39, 0.29) is 16.3 Å².